The van der Waals surface area contributed by atoms with Crippen molar-refractivity contribution in [3.05, 3.63) is 72.8 Å². The Morgan fingerprint density at radius 2 is 1.65 bits per heavy atom. The van der Waals surface area contributed by atoms with Crippen molar-refractivity contribution in [2.24, 2.45) is 0 Å². The maximum absolute atomic E-state index is 5.87. The molecule has 0 bridgehead atoms. The number of fused-ring (bicyclic) bond motifs is 1. The number of ether oxygens (including phenoxy) is 1. The molecule has 0 radical (unpaired) electrons. The fourth-order valence-corrected chi connectivity index (χ4v) is 2.50. The lowest BCUT2D eigenvalue weighted by molar-refractivity contribution is 0.483. The second-order valence-electron chi connectivity index (χ2n) is 5.30. The molecule has 0 saturated carbocycles. The number of aromatic nitrogens is 2. The molecule has 0 fully saturated rings. The number of imidazole rings is 1. The highest BCUT2D eigenvalue weighted by molar-refractivity contribution is 5.82. The molecule has 0 spiro atoms. The van der Waals surface area contributed by atoms with Gasteiger partial charge in [-0.15, -0.1) is 0 Å². The van der Waals surface area contributed by atoms with Gasteiger partial charge in [0.05, 0.1) is 11.0 Å². The Bertz CT molecular complexity index is 961. The van der Waals surface area contributed by atoms with E-state index in [9.17, 15) is 0 Å². The lowest BCUT2D eigenvalue weighted by Crippen LogP contribution is -1.85. The summed E-state index contributed by atoms with van der Waals surface area (Å²) in [6.45, 7) is 0. The number of benzene rings is 3. The van der Waals surface area contributed by atoms with Crippen molar-refractivity contribution in [1.82, 2.24) is 9.97 Å². The van der Waals surface area contributed by atoms with E-state index in [2.05, 4.69) is 9.97 Å². The van der Waals surface area contributed by atoms with Crippen molar-refractivity contribution in [2.75, 3.05) is 5.73 Å². The molecule has 0 aliphatic heterocycles. The Labute approximate surface area is 133 Å². The van der Waals surface area contributed by atoms with Crippen molar-refractivity contribution in [1.29, 1.82) is 0 Å². The molecule has 4 heteroatoms. The van der Waals surface area contributed by atoms with Crippen LogP contribution in [-0.2, 0) is 0 Å². The first-order valence-corrected chi connectivity index (χ1v) is 7.36. The van der Waals surface area contributed by atoms with Crippen molar-refractivity contribution in [3.8, 4) is 22.9 Å². The molecule has 4 rings (SSSR count). The summed E-state index contributed by atoms with van der Waals surface area (Å²) in [5, 5.41) is 0. The normalized spacial score (nSPS) is 10.8. The number of rotatable bonds is 3. The SMILES string of the molecule is Nc1ccc2nc(-c3cccc(Oc4ccccc4)c3)[nH]c2c1. The van der Waals surface area contributed by atoms with Gasteiger partial charge in [0.15, 0.2) is 0 Å². The average molecular weight is 301 g/mol. The zero-order valence-corrected chi connectivity index (χ0v) is 12.4. The quantitative estimate of drug-likeness (QED) is 0.543. The highest BCUT2D eigenvalue weighted by atomic mass is 16.5. The number of nitrogens with two attached hydrogens (primary N) is 1. The summed E-state index contributed by atoms with van der Waals surface area (Å²) in [5.41, 5.74) is 9.31. The minimum Gasteiger partial charge on any atom is -0.457 e. The third-order valence-corrected chi connectivity index (χ3v) is 3.59. The minimum absolute atomic E-state index is 0.717. The zero-order valence-electron chi connectivity index (χ0n) is 12.4. The standard InChI is InChI=1S/C19H15N3O/c20-14-9-10-17-18(12-14)22-19(21-17)13-5-4-8-16(11-13)23-15-6-2-1-3-7-15/h1-12H,20H2,(H,21,22). The van der Waals surface area contributed by atoms with Crippen LogP contribution < -0.4 is 10.5 Å². The predicted molar refractivity (Wildman–Crippen MR) is 92.5 cm³/mol. The predicted octanol–water partition coefficient (Wildman–Crippen LogP) is 4.60. The van der Waals surface area contributed by atoms with Crippen LogP contribution in [0.25, 0.3) is 22.4 Å². The molecule has 112 valence electrons. The van der Waals surface area contributed by atoms with E-state index in [0.717, 1.165) is 33.9 Å². The first kappa shape index (κ1) is 13.4. The van der Waals surface area contributed by atoms with Gasteiger partial charge in [-0.05, 0) is 42.5 Å². The number of nitrogens with zero attached hydrogens (tertiary/aromatic N) is 1. The monoisotopic (exact) mass is 301 g/mol. The van der Waals surface area contributed by atoms with E-state index in [-0.39, 0.29) is 0 Å². The lowest BCUT2D eigenvalue weighted by Gasteiger charge is -2.06. The molecule has 0 atom stereocenters. The molecular formula is C19H15N3O. The van der Waals surface area contributed by atoms with Crippen LogP contribution >= 0.6 is 0 Å². The Hall–Kier alpha value is -3.27. The lowest BCUT2D eigenvalue weighted by atomic mass is 10.2. The van der Waals surface area contributed by atoms with E-state index in [1.807, 2.05) is 72.8 Å². The topological polar surface area (TPSA) is 63.9 Å². The molecule has 3 N–H and O–H groups in total. The summed E-state index contributed by atoms with van der Waals surface area (Å²) in [6.07, 6.45) is 0. The van der Waals surface area contributed by atoms with Crippen molar-refractivity contribution in [2.45, 2.75) is 0 Å². The van der Waals surface area contributed by atoms with Gasteiger partial charge in [0.1, 0.15) is 17.3 Å². The van der Waals surface area contributed by atoms with Gasteiger partial charge in [0, 0.05) is 11.3 Å². The van der Waals surface area contributed by atoms with Crippen LogP contribution in [-0.4, -0.2) is 9.97 Å². The van der Waals surface area contributed by atoms with Gasteiger partial charge >= 0.3 is 0 Å². The van der Waals surface area contributed by atoms with Crippen LogP contribution in [0.2, 0.25) is 0 Å². The van der Waals surface area contributed by atoms with Crippen LogP contribution in [0.5, 0.6) is 11.5 Å². The number of hydrogen-bond donors (Lipinski definition) is 2. The number of hydrogen-bond acceptors (Lipinski definition) is 3. The highest BCUT2D eigenvalue weighted by Crippen LogP contribution is 2.27. The Morgan fingerprint density at radius 3 is 2.52 bits per heavy atom. The number of para-hydroxylation sites is 1. The second-order valence-corrected chi connectivity index (χ2v) is 5.30. The van der Waals surface area contributed by atoms with E-state index in [1.165, 1.54) is 0 Å². The van der Waals surface area contributed by atoms with Crippen molar-refractivity contribution < 1.29 is 4.74 Å². The van der Waals surface area contributed by atoms with E-state index >= 15 is 0 Å². The molecule has 23 heavy (non-hydrogen) atoms. The number of nitrogen functional groups attached to an aromatic ring is 1. The molecule has 0 aliphatic carbocycles. The number of aromatic amines is 1. The summed E-state index contributed by atoms with van der Waals surface area (Å²) in [6, 6.07) is 23.2. The largest absolute Gasteiger partial charge is 0.457 e. The van der Waals surface area contributed by atoms with Crippen LogP contribution in [0, 0.1) is 0 Å². The van der Waals surface area contributed by atoms with E-state index in [1.54, 1.807) is 0 Å². The third-order valence-electron chi connectivity index (χ3n) is 3.59. The number of anilines is 1. The zero-order chi connectivity index (χ0) is 15.6. The van der Waals surface area contributed by atoms with E-state index in [4.69, 9.17) is 10.5 Å². The average Bonchev–Trinajstić information content (AvgIpc) is 2.99. The first-order chi connectivity index (χ1) is 11.3. The molecule has 1 aromatic heterocycles. The van der Waals surface area contributed by atoms with Crippen molar-refractivity contribution >= 4 is 16.7 Å². The van der Waals surface area contributed by atoms with Gasteiger partial charge < -0.3 is 15.5 Å². The third kappa shape index (κ3) is 2.74. The minimum atomic E-state index is 0.717. The van der Waals surface area contributed by atoms with E-state index < -0.39 is 0 Å². The maximum Gasteiger partial charge on any atom is 0.138 e. The van der Waals surface area contributed by atoms with Crippen LogP contribution in [0.1, 0.15) is 0 Å². The van der Waals surface area contributed by atoms with Crippen molar-refractivity contribution in [3.63, 3.8) is 0 Å². The first-order valence-electron chi connectivity index (χ1n) is 7.36. The molecule has 1 heterocycles. The smallest absolute Gasteiger partial charge is 0.138 e. The number of nitrogens with one attached hydrogen (secondary N) is 1. The van der Waals surface area contributed by atoms with Gasteiger partial charge in [-0.25, -0.2) is 4.98 Å². The fourth-order valence-electron chi connectivity index (χ4n) is 2.50. The summed E-state index contributed by atoms with van der Waals surface area (Å²) in [4.78, 5) is 7.90. The van der Waals surface area contributed by atoms with Gasteiger partial charge in [0.2, 0.25) is 0 Å². The van der Waals surface area contributed by atoms with Gasteiger partial charge in [-0.1, -0.05) is 30.3 Å². The van der Waals surface area contributed by atoms with Gasteiger partial charge in [0.25, 0.3) is 0 Å². The molecule has 0 aliphatic rings. The van der Waals surface area contributed by atoms with Crippen LogP contribution in [0.3, 0.4) is 0 Å². The Balaban J connectivity index is 1.69. The molecule has 0 amide bonds. The maximum atomic E-state index is 5.87. The number of H-pyrrole nitrogens is 1. The van der Waals surface area contributed by atoms with Gasteiger partial charge in [-0.3, -0.25) is 0 Å². The summed E-state index contributed by atoms with van der Waals surface area (Å²) in [7, 11) is 0. The second kappa shape index (κ2) is 5.50. The highest BCUT2D eigenvalue weighted by Gasteiger charge is 2.07. The fraction of sp³-hybridized carbons (Fsp3) is 0. The molecule has 3 aromatic carbocycles. The molecule has 0 unspecified atom stereocenters. The Morgan fingerprint density at radius 1 is 0.826 bits per heavy atom. The molecule has 4 nitrogen and oxygen atoms in total. The van der Waals surface area contributed by atoms with E-state index in [0.29, 0.717) is 5.69 Å². The summed E-state index contributed by atoms with van der Waals surface area (Å²) < 4.78 is 5.87. The molecule has 0 saturated heterocycles. The molecule has 4 aromatic rings. The summed E-state index contributed by atoms with van der Waals surface area (Å²) >= 11 is 0. The Kier molecular flexibility index (Phi) is 3.20. The van der Waals surface area contributed by atoms with Gasteiger partial charge in [-0.2, -0.15) is 0 Å². The van der Waals surface area contributed by atoms with Crippen LogP contribution in [0.15, 0.2) is 72.8 Å². The molecular weight excluding hydrogens is 286 g/mol. The summed E-state index contributed by atoms with van der Waals surface area (Å²) in [5.74, 6) is 2.37. The van der Waals surface area contributed by atoms with Crippen LogP contribution in [0.4, 0.5) is 5.69 Å².